The second-order valence-corrected chi connectivity index (χ2v) is 7.28. The van der Waals surface area contributed by atoms with Gasteiger partial charge in [-0.2, -0.15) is 4.98 Å². The molecule has 1 saturated heterocycles. The number of carbonyl (C=O) groups is 2. The minimum atomic E-state index is -0.261. The molecule has 1 aliphatic heterocycles. The van der Waals surface area contributed by atoms with E-state index in [1.165, 1.54) is 0 Å². The second kappa shape index (κ2) is 7.02. The van der Waals surface area contributed by atoms with Crippen LogP contribution in [0.15, 0.2) is 22.7 Å². The van der Waals surface area contributed by atoms with Crippen molar-refractivity contribution in [2.45, 2.75) is 32.1 Å². The molecule has 0 radical (unpaired) electrons. The molecule has 1 aromatic heterocycles. The zero-order valence-corrected chi connectivity index (χ0v) is 15.6. The monoisotopic (exact) mass is 369 g/mol. The van der Waals surface area contributed by atoms with Gasteiger partial charge in [-0.05, 0) is 49.9 Å². The van der Waals surface area contributed by atoms with Crippen LogP contribution in [0.25, 0.3) is 11.5 Å². The lowest BCUT2D eigenvalue weighted by Gasteiger charge is -2.21. The number of amides is 3. The number of likely N-dealkylation sites (N-methyl/N-ethyl adjacent to an activating group) is 1. The molecule has 8 nitrogen and oxygen atoms in total. The molecule has 4 rings (SSSR count). The number of aromatic nitrogens is 2. The largest absolute Gasteiger partial charge is 0.344 e. The minimum Gasteiger partial charge on any atom is -0.344 e. The third-order valence-corrected chi connectivity index (χ3v) is 5.06. The number of anilines is 1. The van der Waals surface area contributed by atoms with E-state index in [1.54, 1.807) is 16.8 Å². The van der Waals surface area contributed by atoms with Crippen LogP contribution in [0.5, 0.6) is 0 Å². The van der Waals surface area contributed by atoms with Crippen LogP contribution >= 0.6 is 0 Å². The van der Waals surface area contributed by atoms with Gasteiger partial charge >= 0.3 is 6.03 Å². The van der Waals surface area contributed by atoms with Gasteiger partial charge in [0.05, 0.1) is 0 Å². The van der Waals surface area contributed by atoms with Crippen LogP contribution in [-0.2, 0) is 4.79 Å². The van der Waals surface area contributed by atoms with Gasteiger partial charge in [0.15, 0.2) is 5.82 Å². The topological polar surface area (TPSA) is 91.6 Å². The summed E-state index contributed by atoms with van der Waals surface area (Å²) in [7, 11) is 1.76. The zero-order valence-electron chi connectivity index (χ0n) is 15.6. The molecule has 2 fully saturated rings. The summed E-state index contributed by atoms with van der Waals surface area (Å²) in [5.41, 5.74) is 2.43. The molecule has 1 aromatic carbocycles. The van der Waals surface area contributed by atoms with Crippen molar-refractivity contribution < 1.29 is 14.1 Å². The number of nitrogens with one attached hydrogen (secondary N) is 1. The maximum atomic E-state index is 12.6. The van der Waals surface area contributed by atoms with Gasteiger partial charge in [0.2, 0.25) is 5.91 Å². The Hall–Kier alpha value is -2.90. The fourth-order valence-corrected chi connectivity index (χ4v) is 3.15. The van der Waals surface area contributed by atoms with Crippen molar-refractivity contribution in [3.63, 3.8) is 0 Å². The normalized spacial score (nSPS) is 17.8. The van der Waals surface area contributed by atoms with Gasteiger partial charge in [0, 0.05) is 37.3 Å². The highest BCUT2D eigenvalue weighted by molar-refractivity contribution is 5.93. The number of benzene rings is 1. The zero-order chi connectivity index (χ0) is 19.0. The fraction of sp³-hybridized carbons (Fsp3) is 0.474. The lowest BCUT2D eigenvalue weighted by atomic mass is 10.1. The van der Waals surface area contributed by atoms with Crippen LogP contribution in [0, 0.1) is 6.92 Å². The SMILES string of the molecule is Cc1cc(-c2nc(C3CC3)no2)ccc1NC(=O)N1CCCN(C)C(=O)C1. The van der Waals surface area contributed by atoms with Gasteiger partial charge in [-0.15, -0.1) is 0 Å². The van der Waals surface area contributed by atoms with E-state index >= 15 is 0 Å². The Labute approximate surface area is 157 Å². The summed E-state index contributed by atoms with van der Waals surface area (Å²) in [6.07, 6.45) is 3.02. The van der Waals surface area contributed by atoms with Crippen molar-refractivity contribution in [3.05, 3.63) is 29.6 Å². The number of urea groups is 1. The van der Waals surface area contributed by atoms with Gasteiger partial charge in [-0.25, -0.2) is 4.79 Å². The highest BCUT2D eigenvalue weighted by Gasteiger charge is 2.29. The van der Waals surface area contributed by atoms with Crippen LogP contribution in [0.4, 0.5) is 10.5 Å². The molecule has 2 heterocycles. The fourth-order valence-electron chi connectivity index (χ4n) is 3.15. The lowest BCUT2D eigenvalue weighted by Crippen LogP contribution is -2.40. The summed E-state index contributed by atoms with van der Waals surface area (Å²) < 4.78 is 5.36. The first-order valence-corrected chi connectivity index (χ1v) is 9.26. The van der Waals surface area contributed by atoms with E-state index in [1.807, 2.05) is 25.1 Å². The van der Waals surface area contributed by atoms with E-state index in [-0.39, 0.29) is 18.5 Å². The summed E-state index contributed by atoms with van der Waals surface area (Å²) in [6, 6.07) is 5.34. The predicted molar refractivity (Wildman–Crippen MR) is 99.3 cm³/mol. The smallest absolute Gasteiger partial charge is 0.322 e. The minimum absolute atomic E-state index is 0.0439. The average Bonchev–Trinajstić information content (AvgIpc) is 3.41. The van der Waals surface area contributed by atoms with Crippen molar-refractivity contribution in [2.24, 2.45) is 0 Å². The molecule has 8 heteroatoms. The van der Waals surface area contributed by atoms with Crippen LogP contribution in [0.2, 0.25) is 0 Å². The molecule has 1 saturated carbocycles. The number of aryl methyl sites for hydroxylation is 1. The van der Waals surface area contributed by atoms with Gasteiger partial charge < -0.3 is 19.6 Å². The first-order valence-electron chi connectivity index (χ1n) is 9.26. The summed E-state index contributed by atoms with van der Waals surface area (Å²) in [5, 5.41) is 6.94. The summed E-state index contributed by atoms with van der Waals surface area (Å²) in [5.74, 6) is 1.67. The van der Waals surface area contributed by atoms with Crippen molar-refractivity contribution in [2.75, 3.05) is 32.0 Å². The first kappa shape index (κ1) is 17.5. The molecular weight excluding hydrogens is 346 g/mol. The molecule has 27 heavy (non-hydrogen) atoms. The quantitative estimate of drug-likeness (QED) is 0.898. The van der Waals surface area contributed by atoms with E-state index < -0.39 is 0 Å². The number of carbonyl (C=O) groups excluding carboxylic acids is 2. The van der Waals surface area contributed by atoms with Crippen molar-refractivity contribution >= 4 is 17.6 Å². The Morgan fingerprint density at radius 3 is 2.85 bits per heavy atom. The summed E-state index contributed by atoms with van der Waals surface area (Å²) in [4.78, 5) is 32.2. The van der Waals surface area contributed by atoms with Gasteiger partial charge in [-0.1, -0.05) is 5.16 Å². The van der Waals surface area contributed by atoms with Crippen LogP contribution in [0.1, 0.15) is 36.6 Å². The Bertz CT molecular complexity index is 874. The Kier molecular flexibility index (Phi) is 4.55. The Morgan fingerprint density at radius 1 is 1.30 bits per heavy atom. The molecule has 142 valence electrons. The molecule has 2 aliphatic rings. The van der Waals surface area contributed by atoms with Crippen molar-refractivity contribution in [3.8, 4) is 11.5 Å². The molecule has 0 atom stereocenters. The van der Waals surface area contributed by atoms with Crippen LogP contribution in [0.3, 0.4) is 0 Å². The Morgan fingerprint density at radius 2 is 2.11 bits per heavy atom. The highest BCUT2D eigenvalue weighted by atomic mass is 16.5. The van der Waals surface area contributed by atoms with E-state index in [9.17, 15) is 9.59 Å². The predicted octanol–water partition coefficient (Wildman–Crippen LogP) is 2.62. The molecular formula is C19H23N5O3. The molecule has 1 N–H and O–H groups in total. The van der Waals surface area contributed by atoms with Crippen LogP contribution in [-0.4, -0.2) is 58.6 Å². The average molecular weight is 369 g/mol. The maximum Gasteiger partial charge on any atom is 0.322 e. The summed E-state index contributed by atoms with van der Waals surface area (Å²) >= 11 is 0. The molecule has 0 unspecified atom stereocenters. The molecule has 1 aliphatic carbocycles. The molecule has 3 amide bonds. The van der Waals surface area contributed by atoms with Crippen LogP contribution < -0.4 is 5.32 Å². The maximum absolute atomic E-state index is 12.6. The second-order valence-electron chi connectivity index (χ2n) is 7.28. The number of nitrogens with zero attached hydrogens (tertiary/aromatic N) is 4. The third-order valence-electron chi connectivity index (χ3n) is 5.06. The van der Waals surface area contributed by atoms with Gasteiger partial charge in [0.1, 0.15) is 6.54 Å². The first-order chi connectivity index (χ1) is 13.0. The lowest BCUT2D eigenvalue weighted by molar-refractivity contribution is -0.129. The highest BCUT2D eigenvalue weighted by Crippen LogP contribution is 2.39. The Balaban J connectivity index is 1.45. The number of rotatable bonds is 3. The van der Waals surface area contributed by atoms with E-state index in [0.717, 1.165) is 36.2 Å². The molecule has 2 aromatic rings. The standard InChI is InChI=1S/C19H23N5O3/c1-12-10-14(18-21-17(22-27-18)13-4-5-13)6-7-15(12)20-19(26)24-9-3-8-23(2)16(25)11-24/h6-7,10,13H,3-5,8-9,11H2,1-2H3,(H,20,26). The van der Waals surface area contributed by atoms with E-state index in [0.29, 0.717) is 30.6 Å². The van der Waals surface area contributed by atoms with Crippen molar-refractivity contribution in [1.29, 1.82) is 0 Å². The third kappa shape index (κ3) is 3.79. The summed E-state index contributed by atoms with van der Waals surface area (Å²) in [6.45, 7) is 3.25. The van der Waals surface area contributed by atoms with Crippen molar-refractivity contribution in [1.82, 2.24) is 19.9 Å². The van der Waals surface area contributed by atoms with Gasteiger partial charge in [0.25, 0.3) is 5.89 Å². The molecule has 0 bridgehead atoms. The van der Waals surface area contributed by atoms with E-state index in [4.69, 9.17) is 4.52 Å². The molecule has 0 spiro atoms. The number of hydrogen-bond donors (Lipinski definition) is 1. The van der Waals surface area contributed by atoms with Gasteiger partial charge in [-0.3, -0.25) is 4.79 Å². The number of hydrogen-bond acceptors (Lipinski definition) is 5. The van der Waals surface area contributed by atoms with E-state index in [2.05, 4.69) is 15.5 Å².